The Morgan fingerprint density at radius 2 is 1.79 bits per heavy atom. The van der Waals surface area contributed by atoms with Gasteiger partial charge in [0.05, 0.1) is 4.92 Å². The van der Waals surface area contributed by atoms with E-state index in [2.05, 4.69) is 9.99 Å². The molecule has 0 bridgehead atoms. The molecule has 0 fully saturated rings. The van der Waals surface area contributed by atoms with Crippen molar-refractivity contribution in [2.24, 2.45) is 10.9 Å². The number of carbonyl (C=O) groups is 1. The van der Waals surface area contributed by atoms with Gasteiger partial charge in [0.25, 0.3) is 5.69 Å². The summed E-state index contributed by atoms with van der Waals surface area (Å²) in [6, 6.07) is 11.8. The van der Waals surface area contributed by atoms with Crippen molar-refractivity contribution in [2.45, 2.75) is 0 Å². The molecular weight excluding hydrogens is 338 g/mol. The van der Waals surface area contributed by atoms with Crippen LogP contribution in [-0.4, -0.2) is 23.3 Å². The number of benzene rings is 2. The Labute approximate surface area is 141 Å². The number of nitro groups is 1. The quantitative estimate of drug-likeness (QED) is 0.281. The molecule has 2 aromatic carbocycles. The Balaban J connectivity index is 1.85. The summed E-state index contributed by atoms with van der Waals surface area (Å²) in [7, 11) is 0. The Bertz CT molecular complexity index is 760. The highest BCUT2D eigenvalue weighted by Crippen LogP contribution is 2.17. The molecule has 9 heteroatoms. The van der Waals surface area contributed by atoms with Gasteiger partial charge in [-0.1, -0.05) is 16.8 Å². The lowest BCUT2D eigenvalue weighted by Crippen LogP contribution is -2.17. The standard InChI is InChI=1S/C15H12ClN3O5/c16-11-3-1-10(2-4-11)15(17)18-24-14(20)9-23-13-7-5-12(6-8-13)19(21)22/h1-8H,9H2,(H2,17,18). The van der Waals surface area contributed by atoms with Crippen LogP contribution < -0.4 is 10.5 Å². The molecule has 0 amide bonds. The molecule has 0 saturated heterocycles. The van der Waals surface area contributed by atoms with Gasteiger partial charge in [0.2, 0.25) is 0 Å². The van der Waals surface area contributed by atoms with E-state index in [1.165, 1.54) is 24.3 Å². The number of ether oxygens (including phenoxy) is 1. The minimum Gasteiger partial charge on any atom is -0.482 e. The summed E-state index contributed by atoms with van der Waals surface area (Å²) in [5, 5.41) is 14.6. The highest BCUT2D eigenvalue weighted by atomic mass is 35.5. The average Bonchev–Trinajstić information content (AvgIpc) is 2.58. The maximum Gasteiger partial charge on any atom is 0.372 e. The Kier molecular flexibility index (Phi) is 5.69. The minimum absolute atomic E-state index is 0.00959. The van der Waals surface area contributed by atoms with E-state index in [1.54, 1.807) is 24.3 Å². The lowest BCUT2D eigenvalue weighted by molar-refractivity contribution is -0.384. The molecule has 0 heterocycles. The number of nitrogens with zero attached hydrogens (tertiary/aromatic N) is 2. The summed E-state index contributed by atoms with van der Waals surface area (Å²) in [6.07, 6.45) is 0. The van der Waals surface area contributed by atoms with E-state index in [9.17, 15) is 14.9 Å². The topological polar surface area (TPSA) is 117 Å². The fourth-order valence-electron chi connectivity index (χ4n) is 1.61. The molecule has 2 N–H and O–H groups in total. The number of nitro benzene ring substituents is 1. The van der Waals surface area contributed by atoms with Crippen LogP contribution in [0.5, 0.6) is 5.75 Å². The smallest absolute Gasteiger partial charge is 0.372 e. The van der Waals surface area contributed by atoms with Gasteiger partial charge in [0.15, 0.2) is 12.4 Å². The molecule has 0 unspecified atom stereocenters. The monoisotopic (exact) mass is 349 g/mol. The third kappa shape index (κ3) is 4.96. The molecule has 0 radical (unpaired) electrons. The molecule has 0 aliphatic rings. The SMILES string of the molecule is N/C(=N/OC(=O)COc1ccc([N+](=O)[O-])cc1)c1ccc(Cl)cc1. The zero-order chi connectivity index (χ0) is 17.5. The first kappa shape index (κ1) is 17.2. The Morgan fingerprint density at radius 1 is 1.17 bits per heavy atom. The first-order chi connectivity index (χ1) is 11.5. The molecule has 0 saturated carbocycles. The molecule has 0 aromatic heterocycles. The molecule has 2 rings (SSSR count). The second kappa shape index (κ2) is 7.93. The molecule has 24 heavy (non-hydrogen) atoms. The predicted molar refractivity (Wildman–Crippen MR) is 86.9 cm³/mol. The van der Waals surface area contributed by atoms with Crippen molar-refractivity contribution in [3.63, 3.8) is 0 Å². The number of oxime groups is 1. The number of carbonyl (C=O) groups excluding carboxylic acids is 1. The third-order valence-electron chi connectivity index (χ3n) is 2.79. The third-order valence-corrected chi connectivity index (χ3v) is 3.04. The van der Waals surface area contributed by atoms with E-state index in [-0.39, 0.29) is 17.3 Å². The van der Waals surface area contributed by atoms with Gasteiger partial charge in [-0.25, -0.2) is 4.79 Å². The zero-order valence-electron chi connectivity index (χ0n) is 12.2. The van der Waals surface area contributed by atoms with Crippen molar-refractivity contribution in [2.75, 3.05) is 6.61 Å². The highest BCUT2D eigenvalue weighted by Gasteiger charge is 2.08. The summed E-state index contributed by atoms with van der Waals surface area (Å²) in [5.41, 5.74) is 6.14. The van der Waals surface area contributed by atoms with Gasteiger partial charge >= 0.3 is 5.97 Å². The van der Waals surface area contributed by atoms with Gasteiger partial charge in [-0.2, -0.15) is 0 Å². The maximum absolute atomic E-state index is 11.5. The van der Waals surface area contributed by atoms with Crippen LogP contribution in [0.2, 0.25) is 5.02 Å². The predicted octanol–water partition coefficient (Wildman–Crippen LogP) is 2.49. The van der Waals surface area contributed by atoms with Crippen LogP contribution in [0, 0.1) is 10.1 Å². The maximum atomic E-state index is 11.5. The fraction of sp³-hybridized carbons (Fsp3) is 0.0667. The summed E-state index contributed by atoms with van der Waals surface area (Å²) < 4.78 is 5.13. The van der Waals surface area contributed by atoms with E-state index in [0.717, 1.165) is 0 Å². The van der Waals surface area contributed by atoms with Gasteiger partial charge in [-0.15, -0.1) is 0 Å². The van der Waals surface area contributed by atoms with Gasteiger partial charge in [0, 0.05) is 22.7 Å². The van der Waals surface area contributed by atoms with Crippen molar-refractivity contribution in [3.05, 3.63) is 69.2 Å². The number of halogens is 1. The van der Waals surface area contributed by atoms with Crippen molar-refractivity contribution >= 4 is 29.1 Å². The van der Waals surface area contributed by atoms with E-state index >= 15 is 0 Å². The number of amidine groups is 1. The molecule has 0 aliphatic carbocycles. The van der Waals surface area contributed by atoms with Crippen molar-refractivity contribution in [3.8, 4) is 5.75 Å². The summed E-state index contributed by atoms with van der Waals surface area (Å²) in [5.74, 6) is -0.479. The second-order valence-electron chi connectivity index (χ2n) is 4.49. The molecule has 0 spiro atoms. The lowest BCUT2D eigenvalue weighted by Gasteiger charge is -2.04. The van der Waals surface area contributed by atoms with Crippen LogP contribution >= 0.6 is 11.6 Å². The number of rotatable bonds is 6. The summed E-state index contributed by atoms with van der Waals surface area (Å²) >= 11 is 5.75. The van der Waals surface area contributed by atoms with Gasteiger partial charge in [0.1, 0.15) is 5.75 Å². The second-order valence-corrected chi connectivity index (χ2v) is 4.92. The fourth-order valence-corrected chi connectivity index (χ4v) is 1.73. The van der Waals surface area contributed by atoms with Crippen LogP contribution in [0.25, 0.3) is 0 Å². The van der Waals surface area contributed by atoms with Crippen molar-refractivity contribution in [1.82, 2.24) is 0 Å². The molecule has 0 aliphatic heterocycles. The van der Waals surface area contributed by atoms with Crippen molar-refractivity contribution in [1.29, 1.82) is 0 Å². The van der Waals surface area contributed by atoms with E-state index in [1.807, 2.05) is 0 Å². The number of hydrogen-bond acceptors (Lipinski definition) is 6. The average molecular weight is 350 g/mol. The normalized spacial score (nSPS) is 11.0. The van der Waals surface area contributed by atoms with E-state index in [4.69, 9.17) is 22.1 Å². The minimum atomic E-state index is -0.773. The number of non-ortho nitro benzene ring substituents is 1. The van der Waals surface area contributed by atoms with E-state index < -0.39 is 17.5 Å². The molecule has 2 aromatic rings. The molecular formula is C15H12ClN3O5. The lowest BCUT2D eigenvalue weighted by atomic mass is 10.2. The summed E-state index contributed by atoms with van der Waals surface area (Å²) in [4.78, 5) is 26.2. The van der Waals surface area contributed by atoms with Crippen LogP contribution in [0.3, 0.4) is 0 Å². The van der Waals surface area contributed by atoms with E-state index in [0.29, 0.717) is 10.6 Å². The van der Waals surface area contributed by atoms with Gasteiger partial charge < -0.3 is 15.3 Å². The zero-order valence-corrected chi connectivity index (χ0v) is 13.0. The number of nitrogens with two attached hydrogens (primary N) is 1. The van der Waals surface area contributed by atoms with Crippen LogP contribution in [0.1, 0.15) is 5.56 Å². The van der Waals surface area contributed by atoms with Crippen LogP contribution in [-0.2, 0) is 9.63 Å². The molecule has 8 nitrogen and oxygen atoms in total. The van der Waals surface area contributed by atoms with Gasteiger partial charge in [-0.3, -0.25) is 10.1 Å². The highest BCUT2D eigenvalue weighted by molar-refractivity contribution is 6.30. The first-order valence-corrected chi connectivity index (χ1v) is 7.00. The Hall–Kier alpha value is -3.13. The first-order valence-electron chi connectivity index (χ1n) is 6.62. The van der Waals surface area contributed by atoms with Gasteiger partial charge in [-0.05, 0) is 36.4 Å². The van der Waals surface area contributed by atoms with Crippen LogP contribution in [0.4, 0.5) is 5.69 Å². The molecule has 124 valence electrons. The number of hydrogen-bond donors (Lipinski definition) is 1. The largest absolute Gasteiger partial charge is 0.482 e. The van der Waals surface area contributed by atoms with Crippen molar-refractivity contribution < 1.29 is 19.3 Å². The summed E-state index contributed by atoms with van der Waals surface area (Å²) in [6.45, 7) is -0.421. The Morgan fingerprint density at radius 3 is 2.38 bits per heavy atom. The molecule has 0 atom stereocenters. The van der Waals surface area contributed by atoms with Crippen LogP contribution in [0.15, 0.2) is 53.7 Å².